The van der Waals surface area contributed by atoms with Crippen LogP contribution in [0.1, 0.15) is 26.3 Å². The van der Waals surface area contributed by atoms with Crippen LogP contribution in [-0.4, -0.2) is 29.3 Å². The van der Waals surface area contributed by atoms with Crippen molar-refractivity contribution >= 4 is 11.9 Å². The van der Waals surface area contributed by atoms with Crippen molar-refractivity contribution in [3.05, 3.63) is 28.8 Å². The minimum Gasteiger partial charge on any atom is -0.495 e. The summed E-state index contributed by atoms with van der Waals surface area (Å²) in [6, 6.07) is 3.81. The van der Waals surface area contributed by atoms with Gasteiger partial charge in [0.25, 0.3) is 0 Å². The molecule has 0 radical (unpaired) electrons. The van der Waals surface area contributed by atoms with Gasteiger partial charge in [0.05, 0.1) is 18.7 Å². The van der Waals surface area contributed by atoms with Crippen LogP contribution >= 0.6 is 0 Å². The number of rotatable bonds is 3. The molecule has 0 unspecified atom stereocenters. The average molecular weight is 221 g/mol. The van der Waals surface area contributed by atoms with Gasteiger partial charge in [-0.15, -0.1) is 0 Å². The molecule has 0 aliphatic carbocycles. The van der Waals surface area contributed by atoms with Crippen LogP contribution < -0.4 is 4.74 Å². The highest BCUT2D eigenvalue weighted by atomic mass is 16.5. The van der Waals surface area contributed by atoms with Crippen LogP contribution in [-0.2, 0) is 0 Å². The number of aromatic carboxylic acids is 2. The van der Waals surface area contributed by atoms with Crippen molar-refractivity contribution in [3.8, 4) is 11.8 Å². The molecule has 1 aromatic carbocycles. The Kier molecular flexibility index (Phi) is 3.11. The van der Waals surface area contributed by atoms with Crippen LogP contribution in [0.15, 0.2) is 12.1 Å². The highest BCUT2D eigenvalue weighted by Crippen LogP contribution is 2.25. The molecule has 6 heteroatoms. The zero-order chi connectivity index (χ0) is 12.3. The Morgan fingerprint density at radius 1 is 1.25 bits per heavy atom. The zero-order valence-electron chi connectivity index (χ0n) is 8.22. The third-order valence-corrected chi connectivity index (χ3v) is 1.88. The largest absolute Gasteiger partial charge is 0.495 e. The lowest BCUT2D eigenvalue weighted by molar-refractivity contribution is 0.0690. The standard InChI is InChI=1S/C10H7NO5/c1-16-8-6(9(12)13)2-5(4-11)3-7(8)10(14)15/h2-3H,1H3,(H,12,13)(H,14,15). The van der Waals surface area contributed by atoms with Crippen molar-refractivity contribution in [2.24, 2.45) is 0 Å². The van der Waals surface area contributed by atoms with Crippen molar-refractivity contribution in [1.82, 2.24) is 0 Å². The van der Waals surface area contributed by atoms with Crippen LogP contribution in [0.5, 0.6) is 5.75 Å². The summed E-state index contributed by atoms with van der Waals surface area (Å²) in [6.07, 6.45) is 0. The first-order valence-electron chi connectivity index (χ1n) is 4.10. The van der Waals surface area contributed by atoms with Crippen LogP contribution in [0, 0.1) is 11.3 Å². The number of hydrogen-bond donors (Lipinski definition) is 2. The van der Waals surface area contributed by atoms with Gasteiger partial charge >= 0.3 is 11.9 Å². The van der Waals surface area contributed by atoms with Crippen molar-refractivity contribution in [3.63, 3.8) is 0 Å². The van der Waals surface area contributed by atoms with E-state index in [1.807, 2.05) is 0 Å². The number of carboxylic acids is 2. The minimum atomic E-state index is -1.35. The van der Waals surface area contributed by atoms with E-state index < -0.39 is 11.9 Å². The molecule has 0 bridgehead atoms. The fourth-order valence-corrected chi connectivity index (χ4v) is 1.23. The molecule has 0 aliphatic heterocycles. The van der Waals surface area contributed by atoms with E-state index in [-0.39, 0.29) is 22.4 Å². The summed E-state index contributed by atoms with van der Waals surface area (Å²) >= 11 is 0. The van der Waals surface area contributed by atoms with Gasteiger partial charge in [0, 0.05) is 0 Å². The summed E-state index contributed by atoms with van der Waals surface area (Å²) < 4.78 is 4.73. The lowest BCUT2D eigenvalue weighted by atomic mass is 10.0. The summed E-state index contributed by atoms with van der Waals surface area (Å²) in [5.41, 5.74) is -0.742. The number of carboxylic acid groups (broad SMARTS) is 2. The lowest BCUT2D eigenvalue weighted by Crippen LogP contribution is -2.08. The third-order valence-electron chi connectivity index (χ3n) is 1.88. The molecule has 0 heterocycles. The Hall–Kier alpha value is -2.55. The number of nitriles is 1. The van der Waals surface area contributed by atoms with E-state index in [9.17, 15) is 9.59 Å². The molecule has 82 valence electrons. The highest BCUT2D eigenvalue weighted by molar-refractivity contribution is 5.99. The maximum Gasteiger partial charge on any atom is 0.339 e. The SMILES string of the molecule is COc1c(C(=O)O)cc(C#N)cc1C(=O)O. The summed E-state index contributed by atoms with van der Waals surface area (Å²) in [4.78, 5) is 21.7. The van der Waals surface area contributed by atoms with Crippen molar-refractivity contribution < 1.29 is 24.5 Å². The average Bonchev–Trinajstić information content (AvgIpc) is 2.26. The topological polar surface area (TPSA) is 108 Å². The molecule has 0 saturated heterocycles. The van der Waals surface area contributed by atoms with Crippen LogP contribution in [0.2, 0.25) is 0 Å². The molecule has 16 heavy (non-hydrogen) atoms. The molecular formula is C10H7NO5. The van der Waals surface area contributed by atoms with Gasteiger partial charge in [-0.2, -0.15) is 5.26 Å². The number of nitrogens with zero attached hydrogens (tertiary/aromatic N) is 1. The van der Waals surface area contributed by atoms with Crippen molar-refractivity contribution in [1.29, 1.82) is 5.26 Å². The Morgan fingerprint density at radius 2 is 1.69 bits per heavy atom. The predicted molar refractivity (Wildman–Crippen MR) is 51.6 cm³/mol. The molecule has 1 rings (SSSR count). The third kappa shape index (κ3) is 1.93. The molecule has 6 nitrogen and oxygen atoms in total. The monoisotopic (exact) mass is 221 g/mol. The van der Waals surface area contributed by atoms with Gasteiger partial charge in [0.2, 0.25) is 0 Å². The van der Waals surface area contributed by atoms with Gasteiger partial charge in [-0.05, 0) is 12.1 Å². The summed E-state index contributed by atoms with van der Waals surface area (Å²) in [7, 11) is 1.17. The molecule has 0 saturated carbocycles. The Morgan fingerprint density at radius 3 is 1.94 bits per heavy atom. The molecule has 0 fully saturated rings. The number of hydrogen-bond acceptors (Lipinski definition) is 4. The van der Waals surface area contributed by atoms with E-state index in [1.165, 1.54) is 7.11 Å². The summed E-state index contributed by atoms with van der Waals surface area (Å²) in [5, 5.41) is 26.3. The fraction of sp³-hybridized carbons (Fsp3) is 0.100. The van der Waals surface area contributed by atoms with Gasteiger partial charge in [-0.3, -0.25) is 0 Å². The number of carbonyl (C=O) groups is 2. The second-order valence-corrected chi connectivity index (χ2v) is 2.83. The zero-order valence-corrected chi connectivity index (χ0v) is 8.22. The van der Waals surface area contributed by atoms with Gasteiger partial charge in [0.1, 0.15) is 16.9 Å². The first-order chi connectivity index (χ1) is 7.51. The Labute approximate surface area is 90.3 Å². The first-order valence-corrected chi connectivity index (χ1v) is 4.10. The van der Waals surface area contributed by atoms with Gasteiger partial charge in [-0.25, -0.2) is 9.59 Å². The summed E-state index contributed by atoms with van der Waals surface area (Å²) in [5.74, 6) is -2.97. The first kappa shape index (κ1) is 11.5. The molecular weight excluding hydrogens is 214 g/mol. The van der Waals surface area contributed by atoms with E-state index in [0.717, 1.165) is 12.1 Å². The van der Waals surface area contributed by atoms with E-state index in [0.29, 0.717) is 0 Å². The second kappa shape index (κ2) is 4.31. The van der Waals surface area contributed by atoms with E-state index >= 15 is 0 Å². The number of ether oxygens (including phenoxy) is 1. The van der Waals surface area contributed by atoms with Gasteiger partial charge < -0.3 is 14.9 Å². The Bertz CT molecular complexity index is 465. The van der Waals surface area contributed by atoms with E-state index in [2.05, 4.69) is 0 Å². The molecule has 0 atom stereocenters. The second-order valence-electron chi connectivity index (χ2n) is 2.83. The smallest absolute Gasteiger partial charge is 0.339 e. The molecule has 2 N–H and O–H groups in total. The van der Waals surface area contributed by atoms with Crippen molar-refractivity contribution in [2.75, 3.05) is 7.11 Å². The van der Waals surface area contributed by atoms with Crippen LogP contribution in [0.3, 0.4) is 0 Å². The Balaban J connectivity index is 3.61. The van der Waals surface area contributed by atoms with Gasteiger partial charge in [-0.1, -0.05) is 0 Å². The number of methoxy groups -OCH3 is 1. The normalized spacial score (nSPS) is 9.25. The number of benzene rings is 1. The van der Waals surface area contributed by atoms with Crippen LogP contribution in [0.25, 0.3) is 0 Å². The maximum atomic E-state index is 10.8. The quantitative estimate of drug-likeness (QED) is 0.787. The molecule has 0 spiro atoms. The molecule has 0 aromatic heterocycles. The van der Waals surface area contributed by atoms with E-state index in [4.69, 9.17) is 20.2 Å². The highest BCUT2D eigenvalue weighted by Gasteiger charge is 2.20. The summed E-state index contributed by atoms with van der Waals surface area (Å²) in [6.45, 7) is 0. The van der Waals surface area contributed by atoms with Crippen LogP contribution in [0.4, 0.5) is 0 Å². The van der Waals surface area contributed by atoms with Gasteiger partial charge in [0.15, 0.2) is 0 Å². The minimum absolute atomic E-state index is 0.0457. The van der Waals surface area contributed by atoms with E-state index in [1.54, 1.807) is 6.07 Å². The molecule has 0 aliphatic rings. The predicted octanol–water partition coefficient (Wildman–Crippen LogP) is 0.963. The molecule has 1 aromatic rings. The lowest BCUT2D eigenvalue weighted by Gasteiger charge is -2.08. The maximum absolute atomic E-state index is 10.8. The molecule has 0 amide bonds. The fourth-order valence-electron chi connectivity index (χ4n) is 1.23. The van der Waals surface area contributed by atoms with Crippen molar-refractivity contribution in [2.45, 2.75) is 0 Å².